The number of benzene rings is 1. The van der Waals surface area contributed by atoms with Gasteiger partial charge in [-0.1, -0.05) is 6.92 Å². The third-order valence-electron chi connectivity index (χ3n) is 6.25. The van der Waals surface area contributed by atoms with E-state index in [2.05, 4.69) is 29.1 Å². The highest BCUT2D eigenvalue weighted by Crippen LogP contribution is 2.45. The van der Waals surface area contributed by atoms with Crippen LogP contribution in [0, 0.1) is 0 Å². The Bertz CT molecular complexity index is 803. The third-order valence-corrected chi connectivity index (χ3v) is 6.25. The maximum Gasteiger partial charge on any atom is 0.222 e. The van der Waals surface area contributed by atoms with E-state index >= 15 is 0 Å². The number of rotatable bonds is 2. The molecule has 1 spiro atoms. The molecule has 5 nitrogen and oxygen atoms in total. The van der Waals surface area contributed by atoms with Gasteiger partial charge in [-0.2, -0.15) is 0 Å². The Morgan fingerprint density at radius 2 is 2.04 bits per heavy atom. The number of carbonyl (C=O) groups is 1. The van der Waals surface area contributed by atoms with Gasteiger partial charge in [0.05, 0.1) is 12.6 Å². The van der Waals surface area contributed by atoms with E-state index in [1.807, 2.05) is 17.9 Å². The van der Waals surface area contributed by atoms with Crippen molar-refractivity contribution in [2.45, 2.75) is 38.1 Å². The van der Waals surface area contributed by atoms with E-state index in [1.165, 1.54) is 22.2 Å². The van der Waals surface area contributed by atoms with E-state index in [9.17, 15) is 4.79 Å². The molecule has 3 heterocycles. The number of amides is 1. The van der Waals surface area contributed by atoms with Gasteiger partial charge >= 0.3 is 0 Å². The molecule has 2 aromatic rings. The van der Waals surface area contributed by atoms with Gasteiger partial charge in [-0.3, -0.25) is 9.69 Å². The number of aromatic nitrogens is 1. The summed E-state index contributed by atoms with van der Waals surface area (Å²) in [4.78, 5) is 20.3. The first kappa shape index (κ1) is 16.5. The zero-order valence-corrected chi connectivity index (χ0v) is 15.4. The Kier molecular flexibility index (Phi) is 3.99. The maximum absolute atomic E-state index is 12.1. The molecule has 0 atom stereocenters. The fourth-order valence-corrected chi connectivity index (χ4v) is 4.68. The number of ether oxygens (including phenoxy) is 1. The van der Waals surface area contributed by atoms with E-state index < -0.39 is 0 Å². The molecule has 2 aliphatic rings. The number of aromatic amines is 1. The molecule has 1 aromatic carbocycles. The second kappa shape index (κ2) is 6.06. The van der Waals surface area contributed by atoms with Crippen molar-refractivity contribution < 1.29 is 9.53 Å². The summed E-state index contributed by atoms with van der Waals surface area (Å²) in [7, 11) is 3.95. The molecule has 1 fully saturated rings. The summed E-state index contributed by atoms with van der Waals surface area (Å²) < 4.78 is 5.43. The topological polar surface area (TPSA) is 48.6 Å². The fourth-order valence-electron chi connectivity index (χ4n) is 4.68. The number of piperidine rings is 1. The number of nitrogens with one attached hydrogen (secondary N) is 1. The molecule has 2 aliphatic heterocycles. The van der Waals surface area contributed by atoms with Crippen LogP contribution in [0.15, 0.2) is 18.2 Å². The van der Waals surface area contributed by atoms with Crippen LogP contribution in [0.2, 0.25) is 0 Å². The lowest BCUT2D eigenvalue weighted by molar-refractivity contribution is -0.133. The minimum Gasteiger partial charge on any atom is -0.497 e. The number of methoxy groups -OCH3 is 1. The van der Waals surface area contributed by atoms with Crippen LogP contribution in [0.3, 0.4) is 0 Å². The van der Waals surface area contributed by atoms with Gasteiger partial charge in [0.1, 0.15) is 5.75 Å². The summed E-state index contributed by atoms with van der Waals surface area (Å²) in [6.45, 7) is 4.69. The van der Waals surface area contributed by atoms with Crippen LogP contribution >= 0.6 is 0 Å². The third kappa shape index (κ3) is 2.44. The van der Waals surface area contributed by atoms with Crippen molar-refractivity contribution in [3.05, 3.63) is 29.5 Å². The van der Waals surface area contributed by atoms with E-state index in [1.54, 1.807) is 7.11 Å². The molecule has 4 rings (SSSR count). The van der Waals surface area contributed by atoms with E-state index in [0.29, 0.717) is 6.42 Å². The van der Waals surface area contributed by atoms with Gasteiger partial charge in [0.25, 0.3) is 0 Å². The molecule has 0 bridgehead atoms. The quantitative estimate of drug-likeness (QED) is 0.914. The van der Waals surface area contributed by atoms with Gasteiger partial charge in [-0.25, -0.2) is 0 Å². The molecular weight excluding hydrogens is 314 g/mol. The number of H-pyrrole nitrogens is 1. The lowest BCUT2D eigenvalue weighted by Gasteiger charge is -2.49. The van der Waals surface area contributed by atoms with Crippen molar-refractivity contribution in [1.82, 2.24) is 14.8 Å². The van der Waals surface area contributed by atoms with Gasteiger partial charge in [0.15, 0.2) is 0 Å². The molecule has 1 amide bonds. The number of hydrogen-bond acceptors (Lipinski definition) is 3. The van der Waals surface area contributed by atoms with E-state index in [-0.39, 0.29) is 11.4 Å². The van der Waals surface area contributed by atoms with Crippen LogP contribution < -0.4 is 4.74 Å². The van der Waals surface area contributed by atoms with E-state index in [4.69, 9.17) is 4.74 Å². The minimum atomic E-state index is 0.0182. The predicted molar refractivity (Wildman–Crippen MR) is 99.0 cm³/mol. The Morgan fingerprint density at radius 3 is 2.72 bits per heavy atom. The van der Waals surface area contributed by atoms with Gasteiger partial charge in [-0.05, 0) is 50.1 Å². The first-order chi connectivity index (χ1) is 12.1. The average molecular weight is 341 g/mol. The zero-order valence-electron chi connectivity index (χ0n) is 15.4. The molecule has 0 unspecified atom stereocenters. The Labute approximate surface area is 148 Å². The van der Waals surface area contributed by atoms with Gasteiger partial charge < -0.3 is 14.6 Å². The van der Waals surface area contributed by atoms with Gasteiger partial charge in [-0.15, -0.1) is 0 Å². The molecule has 1 saturated heterocycles. The number of fused-ring (bicyclic) bond motifs is 4. The number of hydrogen-bond donors (Lipinski definition) is 1. The van der Waals surface area contributed by atoms with Gasteiger partial charge in [0, 0.05) is 42.7 Å². The van der Waals surface area contributed by atoms with Crippen molar-refractivity contribution in [3.63, 3.8) is 0 Å². The van der Waals surface area contributed by atoms with Crippen LogP contribution in [-0.2, 0) is 16.8 Å². The second-order valence-electron chi connectivity index (χ2n) is 7.33. The molecule has 1 N–H and O–H groups in total. The predicted octanol–water partition coefficient (Wildman–Crippen LogP) is 2.89. The smallest absolute Gasteiger partial charge is 0.222 e. The molecule has 25 heavy (non-hydrogen) atoms. The fraction of sp³-hybridized carbons (Fsp3) is 0.550. The molecule has 1 aromatic heterocycles. The lowest BCUT2D eigenvalue weighted by atomic mass is 9.78. The molecular formula is C20H27N3O2. The summed E-state index contributed by atoms with van der Waals surface area (Å²) in [5, 5.41) is 1.29. The number of nitrogens with zero attached hydrogens (tertiary/aromatic N) is 2. The van der Waals surface area contributed by atoms with Crippen LogP contribution in [-0.4, -0.2) is 54.5 Å². The molecule has 0 saturated carbocycles. The molecule has 0 radical (unpaired) electrons. The first-order valence-electron chi connectivity index (χ1n) is 9.27. The van der Waals surface area contributed by atoms with Gasteiger partial charge in [0.2, 0.25) is 5.91 Å². The highest BCUT2D eigenvalue weighted by atomic mass is 16.5. The highest BCUT2D eigenvalue weighted by molar-refractivity contribution is 5.87. The van der Waals surface area contributed by atoms with Crippen LogP contribution in [0.4, 0.5) is 0 Å². The summed E-state index contributed by atoms with van der Waals surface area (Å²) in [5.74, 6) is 1.18. The normalized spacial score (nSPS) is 20.0. The standard InChI is InChI=1S/C20H27N3O2/c1-4-18(24)23-11-8-20(9-12-23)19-15(7-10-22(20)2)16-13-14(25-3)5-6-17(16)21-19/h5-6,13,21H,4,7-12H2,1-3H3. The lowest BCUT2D eigenvalue weighted by Crippen LogP contribution is -2.55. The number of carbonyl (C=O) groups excluding carboxylic acids is 1. The summed E-state index contributed by atoms with van der Waals surface area (Å²) in [5.41, 5.74) is 3.99. The molecule has 134 valence electrons. The Hall–Kier alpha value is -2.01. The maximum atomic E-state index is 12.1. The van der Waals surface area contributed by atoms with Crippen molar-refractivity contribution in [3.8, 4) is 5.75 Å². The van der Waals surface area contributed by atoms with Crippen molar-refractivity contribution >= 4 is 16.8 Å². The number of likely N-dealkylation sites (tertiary alicyclic amines) is 1. The molecule has 0 aliphatic carbocycles. The summed E-state index contributed by atoms with van der Waals surface area (Å²) >= 11 is 0. The monoisotopic (exact) mass is 341 g/mol. The minimum absolute atomic E-state index is 0.0182. The summed E-state index contributed by atoms with van der Waals surface area (Å²) in [6, 6.07) is 6.29. The SMILES string of the molecule is CCC(=O)N1CCC2(CC1)c1[nH]c3ccc(OC)cc3c1CCN2C. The van der Waals surface area contributed by atoms with Crippen LogP contribution in [0.1, 0.15) is 37.4 Å². The van der Waals surface area contributed by atoms with Crippen molar-refractivity contribution in [1.29, 1.82) is 0 Å². The van der Waals surface area contributed by atoms with Crippen LogP contribution in [0.5, 0.6) is 5.75 Å². The first-order valence-corrected chi connectivity index (χ1v) is 9.27. The van der Waals surface area contributed by atoms with Crippen LogP contribution in [0.25, 0.3) is 10.9 Å². The van der Waals surface area contributed by atoms with E-state index in [0.717, 1.165) is 44.6 Å². The Balaban J connectivity index is 1.75. The van der Waals surface area contributed by atoms with Crippen molar-refractivity contribution in [2.24, 2.45) is 0 Å². The Morgan fingerprint density at radius 1 is 1.28 bits per heavy atom. The molecule has 5 heteroatoms. The van der Waals surface area contributed by atoms with Crippen molar-refractivity contribution in [2.75, 3.05) is 33.8 Å². The summed E-state index contributed by atoms with van der Waals surface area (Å²) in [6.07, 6.45) is 3.64. The second-order valence-corrected chi connectivity index (χ2v) is 7.33. The highest BCUT2D eigenvalue weighted by Gasteiger charge is 2.45. The average Bonchev–Trinajstić information content (AvgIpc) is 3.03. The number of likely N-dealkylation sites (N-methyl/N-ethyl adjacent to an activating group) is 1. The largest absolute Gasteiger partial charge is 0.497 e. The zero-order chi connectivity index (χ0) is 17.6.